The number of fused-ring (bicyclic) bond motifs is 4. The highest BCUT2D eigenvalue weighted by atomic mass is 19.1. The lowest BCUT2D eigenvalue weighted by Crippen LogP contribution is -1.99. The van der Waals surface area contributed by atoms with Crippen LogP contribution in [-0.2, 0) is 0 Å². The molecule has 0 amide bonds. The molecule has 0 N–H and O–H groups in total. The molecule has 3 heteroatoms. The predicted octanol–water partition coefficient (Wildman–Crippen LogP) is 13.4. The van der Waals surface area contributed by atoms with Gasteiger partial charge in [-0.25, -0.2) is 9.37 Å². The van der Waals surface area contributed by atoms with Crippen LogP contribution in [-0.4, -0.2) is 9.55 Å². The van der Waals surface area contributed by atoms with Gasteiger partial charge in [-0.05, 0) is 109 Å². The van der Waals surface area contributed by atoms with Crippen LogP contribution in [0.2, 0.25) is 0 Å². The maximum atomic E-state index is 14.6. The molecule has 0 atom stereocenters. The van der Waals surface area contributed by atoms with E-state index in [-0.39, 0.29) is 5.82 Å². The van der Waals surface area contributed by atoms with Crippen LogP contribution >= 0.6 is 0 Å². The Labute approximate surface area is 301 Å². The maximum absolute atomic E-state index is 14.6. The summed E-state index contributed by atoms with van der Waals surface area (Å²) in [6.45, 7) is 0. The third-order valence-corrected chi connectivity index (χ3v) is 10.5. The van der Waals surface area contributed by atoms with Crippen molar-refractivity contribution >= 4 is 48.9 Å². The first-order valence-electron chi connectivity index (χ1n) is 17.9. The van der Waals surface area contributed by atoms with Gasteiger partial charge < -0.3 is 0 Å². The van der Waals surface area contributed by atoms with Crippen LogP contribution in [0.4, 0.5) is 4.39 Å². The van der Waals surface area contributed by atoms with Crippen LogP contribution in [0.3, 0.4) is 0 Å². The van der Waals surface area contributed by atoms with Gasteiger partial charge in [-0.3, -0.25) is 4.57 Å². The monoisotopic (exact) mass is 668 g/mol. The largest absolute Gasteiger partial charge is 0.292 e. The number of hydrogen-bond acceptors (Lipinski definition) is 1. The van der Waals surface area contributed by atoms with Crippen LogP contribution in [0.1, 0.15) is 18.4 Å². The molecule has 0 saturated carbocycles. The molecule has 1 aliphatic rings. The van der Waals surface area contributed by atoms with Crippen molar-refractivity contribution in [3.8, 4) is 39.3 Å². The highest BCUT2D eigenvalue weighted by Gasteiger charge is 2.20. The lowest BCUT2D eigenvalue weighted by Gasteiger charge is -2.19. The third kappa shape index (κ3) is 5.05. The summed E-state index contributed by atoms with van der Waals surface area (Å²) >= 11 is 0. The minimum Gasteiger partial charge on any atom is -0.292 e. The van der Waals surface area contributed by atoms with Crippen molar-refractivity contribution < 1.29 is 4.39 Å². The van der Waals surface area contributed by atoms with Crippen molar-refractivity contribution in [3.63, 3.8) is 0 Å². The SMILES string of the molecule is Fc1ccc2c(c1)nc(-c1ccc(C3=CC=CCC3)cc1)n2-c1cccc(-c2c3ccccc3c(-c3ccc4ccccc4c3)c3ccccc23)c1. The van der Waals surface area contributed by atoms with Crippen molar-refractivity contribution in [2.45, 2.75) is 12.8 Å². The van der Waals surface area contributed by atoms with Crippen molar-refractivity contribution in [1.29, 1.82) is 0 Å². The normalized spacial score (nSPS) is 13.0. The standard InChI is InChI=1S/C49H33FN2/c50-39-27-28-46-45(31-39)51-49(35-24-21-34(22-25-35)32-11-2-1-3-12-32)52(46)40-16-10-15-37(30-40)47-41-17-6-8-19-43(41)48(44-20-9-7-18-42(44)47)38-26-23-33-13-4-5-14-36(33)29-38/h1-2,4-11,13-31H,3,12H2. The van der Waals surface area contributed by atoms with E-state index in [0.29, 0.717) is 5.52 Å². The zero-order valence-corrected chi connectivity index (χ0v) is 28.4. The minimum atomic E-state index is -0.297. The fourth-order valence-electron chi connectivity index (χ4n) is 8.08. The van der Waals surface area contributed by atoms with Crippen molar-refractivity contribution in [2.24, 2.45) is 0 Å². The second-order valence-electron chi connectivity index (χ2n) is 13.6. The van der Waals surface area contributed by atoms with Gasteiger partial charge in [-0.15, -0.1) is 0 Å². The first-order chi connectivity index (χ1) is 25.7. The molecule has 1 aliphatic carbocycles. The van der Waals surface area contributed by atoms with Crippen LogP contribution < -0.4 is 0 Å². The average molecular weight is 669 g/mol. The molecule has 0 spiro atoms. The predicted molar refractivity (Wildman–Crippen MR) is 216 cm³/mol. The average Bonchev–Trinajstić information content (AvgIpc) is 3.59. The van der Waals surface area contributed by atoms with Crippen molar-refractivity contribution in [3.05, 3.63) is 187 Å². The van der Waals surface area contributed by atoms with Crippen molar-refractivity contribution in [1.82, 2.24) is 9.55 Å². The molecule has 10 rings (SSSR count). The van der Waals surface area contributed by atoms with Gasteiger partial charge in [0.05, 0.1) is 11.0 Å². The molecule has 0 radical (unpaired) electrons. The van der Waals surface area contributed by atoms with E-state index in [0.717, 1.165) is 41.0 Å². The quantitative estimate of drug-likeness (QED) is 0.167. The number of hydrogen-bond donors (Lipinski definition) is 0. The van der Waals surface area contributed by atoms with Gasteiger partial charge in [-0.2, -0.15) is 0 Å². The molecule has 0 saturated heterocycles. The van der Waals surface area contributed by atoms with E-state index < -0.39 is 0 Å². The number of benzene rings is 8. The summed E-state index contributed by atoms with van der Waals surface area (Å²) < 4.78 is 16.8. The highest BCUT2D eigenvalue weighted by Crippen LogP contribution is 2.44. The van der Waals surface area contributed by atoms with E-state index in [4.69, 9.17) is 4.98 Å². The summed E-state index contributed by atoms with van der Waals surface area (Å²) in [5.74, 6) is 0.484. The van der Waals surface area contributed by atoms with E-state index in [2.05, 4.69) is 162 Å². The topological polar surface area (TPSA) is 17.8 Å². The van der Waals surface area contributed by atoms with Crippen LogP contribution in [0.5, 0.6) is 0 Å². The molecule has 0 aliphatic heterocycles. The Hall–Kier alpha value is -6.58. The third-order valence-electron chi connectivity index (χ3n) is 10.5. The molecule has 2 nitrogen and oxygen atoms in total. The summed E-state index contributed by atoms with van der Waals surface area (Å²) in [6.07, 6.45) is 8.63. The van der Waals surface area contributed by atoms with Crippen LogP contribution in [0, 0.1) is 5.82 Å². The minimum absolute atomic E-state index is 0.297. The fourth-order valence-corrected chi connectivity index (χ4v) is 8.08. The molecule has 9 aromatic rings. The Bertz CT molecular complexity index is 2850. The second-order valence-corrected chi connectivity index (χ2v) is 13.6. The van der Waals surface area contributed by atoms with Gasteiger partial charge in [0.25, 0.3) is 0 Å². The summed E-state index contributed by atoms with van der Waals surface area (Å²) in [6, 6.07) is 55.1. The van der Waals surface area contributed by atoms with Crippen molar-refractivity contribution in [2.75, 3.05) is 0 Å². The molecule has 1 heterocycles. The Morgan fingerprint density at radius 2 is 1.15 bits per heavy atom. The van der Waals surface area contributed by atoms with Crippen LogP contribution in [0.15, 0.2) is 176 Å². The first-order valence-corrected chi connectivity index (χ1v) is 17.9. The van der Waals surface area contributed by atoms with Gasteiger partial charge in [0, 0.05) is 17.3 Å². The number of nitrogens with zero attached hydrogens (tertiary/aromatic N) is 2. The molecule has 246 valence electrons. The van der Waals surface area contributed by atoms with E-state index in [1.54, 1.807) is 0 Å². The molecular weight excluding hydrogens is 636 g/mol. The number of allylic oxidation sites excluding steroid dienone is 4. The second kappa shape index (κ2) is 12.3. The Balaban J connectivity index is 1.17. The summed E-state index contributed by atoms with van der Waals surface area (Å²) in [5, 5.41) is 7.28. The zero-order valence-electron chi connectivity index (χ0n) is 28.4. The lowest BCUT2D eigenvalue weighted by molar-refractivity contribution is 0.629. The van der Waals surface area contributed by atoms with Gasteiger partial charge in [0.15, 0.2) is 0 Å². The van der Waals surface area contributed by atoms with Gasteiger partial charge in [0.1, 0.15) is 11.6 Å². The molecule has 0 bridgehead atoms. The van der Waals surface area contributed by atoms with Gasteiger partial charge in [0.2, 0.25) is 0 Å². The van der Waals surface area contributed by atoms with Crippen LogP contribution in [0.25, 0.3) is 88.3 Å². The van der Waals surface area contributed by atoms with Gasteiger partial charge in [-0.1, -0.05) is 140 Å². The molecule has 0 fully saturated rings. The van der Waals surface area contributed by atoms with E-state index in [9.17, 15) is 4.39 Å². The Morgan fingerprint density at radius 1 is 0.519 bits per heavy atom. The van der Waals surface area contributed by atoms with E-state index in [1.807, 2.05) is 6.07 Å². The molecule has 0 unspecified atom stereocenters. The first kappa shape index (κ1) is 30.3. The van der Waals surface area contributed by atoms with Gasteiger partial charge >= 0.3 is 0 Å². The zero-order chi connectivity index (χ0) is 34.6. The number of imidazole rings is 1. The maximum Gasteiger partial charge on any atom is 0.145 e. The van der Waals surface area contributed by atoms with E-state index >= 15 is 0 Å². The molecule has 52 heavy (non-hydrogen) atoms. The molecular formula is C49H33FN2. The molecule has 1 aromatic heterocycles. The summed E-state index contributed by atoms with van der Waals surface area (Å²) in [4.78, 5) is 5.03. The Kier molecular flexibility index (Phi) is 7.17. The highest BCUT2D eigenvalue weighted by molar-refractivity contribution is 6.21. The Morgan fingerprint density at radius 3 is 1.85 bits per heavy atom. The lowest BCUT2D eigenvalue weighted by atomic mass is 9.85. The van der Waals surface area contributed by atoms with E-state index in [1.165, 1.54) is 72.3 Å². The summed E-state index contributed by atoms with van der Waals surface area (Å²) in [7, 11) is 0. The molecule has 8 aromatic carbocycles. The summed E-state index contributed by atoms with van der Waals surface area (Å²) in [5.41, 5.74) is 10.7. The number of halogens is 1. The number of rotatable bonds is 5. The fraction of sp³-hybridized carbons (Fsp3) is 0.0408. The number of aromatic nitrogens is 2. The smallest absolute Gasteiger partial charge is 0.145 e.